The van der Waals surface area contributed by atoms with E-state index in [1.165, 1.54) is 25.3 Å². The maximum atomic E-state index is 11.5. The Hall–Kier alpha value is -1.59. The van der Waals surface area contributed by atoms with Crippen LogP contribution in [0.25, 0.3) is 0 Å². The highest BCUT2D eigenvalue weighted by atomic mass is 35.5. The van der Waals surface area contributed by atoms with Crippen LogP contribution in [0.2, 0.25) is 5.02 Å². The number of hydrogen-bond acceptors (Lipinski definition) is 3. The van der Waals surface area contributed by atoms with E-state index in [0.29, 0.717) is 0 Å². The van der Waals surface area contributed by atoms with Gasteiger partial charge in [0.05, 0.1) is 29.3 Å². The number of aromatic carboxylic acids is 1. The number of carboxylic acids is 1. The summed E-state index contributed by atoms with van der Waals surface area (Å²) in [6.07, 6.45) is 0.140. The Kier molecular flexibility index (Phi) is 4.93. The van der Waals surface area contributed by atoms with Crippen molar-refractivity contribution >= 4 is 29.2 Å². The van der Waals surface area contributed by atoms with Gasteiger partial charge in [0.2, 0.25) is 5.91 Å². The SMILES string of the molecule is COCCC(=O)Nc1c(Cl)cccc1C(=O)O. The fourth-order valence-electron chi connectivity index (χ4n) is 1.23. The highest BCUT2D eigenvalue weighted by Crippen LogP contribution is 2.26. The van der Waals surface area contributed by atoms with E-state index in [1.54, 1.807) is 0 Å². The van der Waals surface area contributed by atoms with Crippen molar-refractivity contribution in [2.45, 2.75) is 6.42 Å². The lowest BCUT2D eigenvalue weighted by Crippen LogP contribution is -2.16. The Bertz CT molecular complexity index is 433. The Morgan fingerprint density at radius 2 is 2.18 bits per heavy atom. The van der Waals surface area contributed by atoms with Gasteiger partial charge < -0.3 is 15.2 Å². The zero-order valence-corrected chi connectivity index (χ0v) is 9.95. The smallest absolute Gasteiger partial charge is 0.337 e. The highest BCUT2D eigenvalue weighted by molar-refractivity contribution is 6.34. The highest BCUT2D eigenvalue weighted by Gasteiger charge is 2.15. The van der Waals surface area contributed by atoms with Crippen LogP contribution in [0.1, 0.15) is 16.8 Å². The quantitative estimate of drug-likeness (QED) is 0.846. The van der Waals surface area contributed by atoms with Crippen LogP contribution in [0.4, 0.5) is 5.69 Å². The average molecular weight is 258 g/mol. The minimum atomic E-state index is -1.14. The number of carbonyl (C=O) groups excluding carboxylic acids is 1. The van der Waals surface area contributed by atoms with Crippen LogP contribution in [0, 0.1) is 0 Å². The first-order valence-corrected chi connectivity index (χ1v) is 5.24. The minimum Gasteiger partial charge on any atom is -0.478 e. The van der Waals surface area contributed by atoms with Crippen LogP contribution in [0.5, 0.6) is 0 Å². The molecule has 0 saturated heterocycles. The van der Waals surface area contributed by atoms with E-state index in [2.05, 4.69) is 5.32 Å². The maximum Gasteiger partial charge on any atom is 0.337 e. The number of methoxy groups -OCH3 is 1. The Morgan fingerprint density at radius 1 is 1.47 bits per heavy atom. The lowest BCUT2D eigenvalue weighted by Gasteiger charge is -2.09. The van der Waals surface area contributed by atoms with E-state index >= 15 is 0 Å². The summed E-state index contributed by atoms with van der Waals surface area (Å²) < 4.78 is 4.75. The van der Waals surface area contributed by atoms with E-state index in [0.717, 1.165) is 0 Å². The molecule has 0 bridgehead atoms. The molecule has 0 aliphatic heterocycles. The predicted octanol–water partition coefficient (Wildman–Crippen LogP) is 2.01. The van der Waals surface area contributed by atoms with Crippen LogP contribution in [0.3, 0.4) is 0 Å². The van der Waals surface area contributed by atoms with Gasteiger partial charge in [-0.2, -0.15) is 0 Å². The van der Waals surface area contributed by atoms with Gasteiger partial charge in [-0.05, 0) is 12.1 Å². The molecule has 1 aromatic rings. The molecular weight excluding hydrogens is 246 g/mol. The number of para-hydroxylation sites is 1. The summed E-state index contributed by atoms with van der Waals surface area (Å²) in [6.45, 7) is 0.263. The van der Waals surface area contributed by atoms with Gasteiger partial charge in [0, 0.05) is 7.11 Å². The molecular formula is C11H12ClNO4. The van der Waals surface area contributed by atoms with E-state index in [1.807, 2.05) is 0 Å². The normalized spacial score (nSPS) is 10.0. The molecule has 0 fully saturated rings. The molecule has 2 N–H and O–H groups in total. The molecule has 0 unspecified atom stereocenters. The second kappa shape index (κ2) is 6.22. The van der Waals surface area contributed by atoms with Crippen LogP contribution in [-0.4, -0.2) is 30.7 Å². The molecule has 1 rings (SSSR count). The van der Waals surface area contributed by atoms with Gasteiger partial charge in [-0.25, -0.2) is 4.79 Å². The number of rotatable bonds is 5. The monoisotopic (exact) mass is 257 g/mol. The number of amides is 1. The summed E-state index contributed by atoms with van der Waals surface area (Å²) in [4.78, 5) is 22.4. The maximum absolute atomic E-state index is 11.5. The number of benzene rings is 1. The number of halogens is 1. The van der Waals surface area contributed by atoms with Crippen LogP contribution >= 0.6 is 11.6 Å². The van der Waals surface area contributed by atoms with Gasteiger partial charge in [0.25, 0.3) is 0 Å². The van der Waals surface area contributed by atoms with Crippen molar-refractivity contribution in [1.82, 2.24) is 0 Å². The largest absolute Gasteiger partial charge is 0.478 e. The Morgan fingerprint density at radius 3 is 2.76 bits per heavy atom. The summed E-state index contributed by atoms with van der Waals surface area (Å²) in [6, 6.07) is 4.40. The van der Waals surface area contributed by atoms with Crippen molar-refractivity contribution in [2.24, 2.45) is 0 Å². The summed E-state index contributed by atoms with van der Waals surface area (Å²) >= 11 is 5.84. The standard InChI is InChI=1S/C11H12ClNO4/c1-17-6-5-9(14)13-10-7(11(15)16)3-2-4-8(10)12/h2-4H,5-6H2,1H3,(H,13,14)(H,15,16). The lowest BCUT2D eigenvalue weighted by molar-refractivity contribution is -0.117. The molecule has 92 valence electrons. The first-order valence-electron chi connectivity index (χ1n) is 4.87. The van der Waals surface area contributed by atoms with Crippen molar-refractivity contribution in [1.29, 1.82) is 0 Å². The fourth-order valence-corrected chi connectivity index (χ4v) is 1.45. The topological polar surface area (TPSA) is 75.6 Å². The summed E-state index contributed by atoms with van der Waals surface area (Å²) in [5.74, 6) is -1.49. The number of carbonyl (C=O) groups is 2. The summed E-state index contributed by atoms with van der Waals surface area (Å²) in [5, 5.41) is 11.6. The summed E-state index contributed by atoms with van der Waals surface area (Å²) in [7, 11) is 1.48. The molecule has 0 aliphatic carbocycles. The first kappa shape index (κ1) is 13.5. The van der Waals surface area contributed by atoms with E-state index in [9.17, 15) is 9.59 Å². The van der Waals surface area contributed by atoms with Gasteiger partial charge >= 0.3 is 5.97 Å². The number of nitrogens with one attached hydrogen (secondary N) is 1. The molecule has 0 saturated carbocycles. The van der Waals surface area contributed by atoms with E-state index in [4.69, 9.17) is 21.4 Å². The molecule has 1 amide bonds. The number of carboxylic acid groups (broad SMARTS) is 1. The molecule has 17 heavy (non-hydrogen) atoms. The predicted molar refractivity (Wildman–Crippen MR) is 63.5 cm³/mol. The van der Waals surface area contributed by atoms with Crippen molar-refractivity contribution < 1.29 is 19.4 Å². The van der Waals surface area contributed by atoms with Crippen LogP contribution in [0.15, 0.2) is 18.2 Å². The number of anilines is 1. The molecule has 0 atom stereocenters. The van der Waals surface area contributed by atoms with Crippen molar-refractivity contribution in [3.05, 3.63) is 28.8 Å². The van der Waals surface area contributed by atoms with Gasteiger partial charge in [-0.1, -0.05) is 17.7 Å². The van der Waals surface area contributed by atoms with Gasteiger partial charge in [-0.3, -0.25) is 4.79 Å². The van der Waals surface area contributed by atoms with E-state index < -0.39 is 5.97 Å². The number of ether oxygens (including phenoxy) is 1. The van der Waals surface area contributed by atoms with Crippen molar-refractivity contribution in [3.8, 4) is 0 Å². The zero-order valence-electron chi connectivity index (χ0n) is 9.20. The fraction of sp³-hybridized carbons (Fsp3) is 0.273. The Labute approximate surface area is 103 Å². The van der Waals surface area contributed by atoms with Gasteiger partial charge in [0.15, 0.2) is 0 Å². The third kappa shape index (κ3) is 3.72. The lowest BCUT2D eigenvalue weighted by atomic mass is 10.1. The van der Waals surface area contributed by atoms with Crippen LogP contribution in [-0.2, 0) is 9.53 Å². The molecule has 0 aromatic heterocycles. The Balaban J connectivity index is 2.89. The number of hydrogen-bond donors (Lipinski definition) is 2. The van der Waals surface area contributed by atoms with Crippen LogP contribution < -0.4 is 5.32 Å². The molecule has 0 aliphatic rings. The second-order valence-electron chi connectivity index (χ2n) is 3.26. The van der Waals surface area contributed by atoms with Gasteiger partial charge in [0.1, 0.15) is 0 Å². The second-order valence-corrected chi connectivity index (χ2v) is 3.67. The van der Waals surface area contributed by atoms with Crippen molar-refractivity contribution in [3.63, 3.8) is 0 Å². The molecule has 6 heteroatoms. The molecule has 0 heterocycles. The average Bonchev–Trinajstić information content (AvgIpc) is 2.28. The third-order valence-electron chi connectivity index (χ3n) is 2.04. The van der Waals surface area contributed by atoms with E-state index in [-0.39, 0.29) is 35.2 Å². The zero-order chi connectivity index (χ0) is 12.8. The van der Waals surface area contributed by atoms with Crippen molar-refractivity contribution in [2.75, 3.05) is 19.0 Å². The minimum absolute atomic E-state index is 0.0386. The third-order valence-corrected chi connectivity index (χ3v) is 2.36. The molecule has 0 radical (unpaired) electrons. The first-order chi connectivity index (χ1) is 8.06. The molecule has 0 spiro atoms. The molecule has 5 nitrogen and oxygen atoms in total. The van der Waals surface area contributed by atoms with Gasteiger partial charge in [-0.15, -0.1) is 0 Å². The summed E-state index contributed by atoms with van der Waals surface area (Å²) in [5.41, 5.74) is 0.0750. The molecule has 1 aromatic carbocycles.